The second kappa shape index (κ2) is 5.17. The quantitative estimate of drug-likeness (QED) is 0.801. The van der Waals surface area contributed by atoms with Crippen LogP contribution in [-0.2, 0) is 6.42 Å². The maximum Gasteiger partial charge on any atom is 0.215 e. The van der Waals surface area contributed by atoms with Gasteiger partial charge in [0.05, 0.1) is 4.88 Å². The molecule has 0 saturated heterocycles. The second-order valence-corrected chi connectivity index (χ2v) is 6.29. The van der Waals surface area contributed by atoms with Gasteiger partial charge in [0.25, 0.3) is 0 Å². The fourth-order valence-corrected chi connectivity index (χ4v) is 3.50. The predicted molar refractivity (Wildman–Crippen MR) is 73.1 cm³/mol. The Labute approximate surface area is 116 Å². The minimum atomic E-state index is 0.678. The third kappa shape index (κ3) is 2.45. The molecule has 0 amide bonds. The highest BCUT2D eigenvalue weighted by Gasteiger charge is 2.10. The van der Waals surface area contributed by atoms with Gasteiger partial charge in [0, 0.05) is 6.42 Å². The maximum atomic E-state index is 4.43. The number of rotatable bonds is 4. The van der Waals surface area contributed by atoms with Crippen LogP contribution in [0.25, 0.3) is 10.7 Å². The molecule has 0 spiro atoms. The topological polar surface area (TPSA) is 67.3 Å². The van der Waals surface area contributed by atoms with Crippen LogP contribution < -0.4 is 0 Å². The van der Waals surface area contributed by atoms with E-state index >= 15 is 0 Å². The van der Waals surface area contributed by atoms with Gasteiger partial charge in [-0.3, -0.25) is 5.10 Å². The van der Waals surface area contributed by atoms with E-state index in [9.17, 15) is 0 Å². The summed E-state index contributed by atoms with van der Waals surface area (Å²) >= 11 is 4.46. The Morgan fingerprint density at radius 2 is 2.33 bits per heavy atom. The Morgan fingerprint density at radius 3 is 3.06 bits per heavy atom. The summed E-state index contributed by atoms with van der Waals surface area (Å²) in [6.45, 7) is 2.04. The lowest BCUT2D eigenvalue weighted by molar-refractivity contribution is 0.955. The molecule has 0 aliphatic carbocycles. The van der Waals surface area contributed by atoms with Crippen molar-refractivity contribution in [3.05, 3.63) is 23.3 Å². The predicted octanol–water partition coefficient (Wildman–Crippen LogP) is 3.10. The highest BCUT2D eigenvalue weighted by atomic mass is 32.2. The number of nitrogens with zero attached hydrogens (tertiary/aromatic N) is 4. The van der Waals surface area contributed by atoms with Crippen LogP contribution in [0.1, 0.15) is 12.7 Å². The molecule has 1 N–H and O–H groups in total. The van der Waals surface area contributed by atoms with Gasteiger partial charge in [-0.2, -0.15) is 4.37 Å². The normalized spacial score (nSPS) is 10.9. The number of aromatic amines is 1. The lowest BCUT2D eigenvalue weighted by atomic mass is 10.4. The van der Waals surface area contributed by atoms with E-state index in [1.54, 1.807) is 11.3 Å². The molecule has 3 rings (SSSR count). The molecule has 8 heteroatoms. The van der Waals surface area contributed by atoms with Gasteiger partial charge in [0.1, 0.15) is 5.82 Å². The average molecular weight is 295 g/mol. The van der Waals surface area contributed by atoms with Crippen molar-refractivity contribution in [1.29, 1.82) is 0 Å². The van der Waals surface area contributed by atoms with Crippen molar-refractivity contribution in [2.75, 3.05) is 0 Å². The van der Waals surface area contributed by atoms with Crippen LogP contribution in [0.4, 0.5) is 0 Å². The van der Waals surface area contributed by atoms with Gasteiger partial charge in [-0.05, 0) is 34.7 Å². The number of nitrogens with one attached hydrogen (secondary N) is 1. The molecule has 5 nitrogen and oxygen atoms in total. The van der Waals surface area contributed by atoms with Crippen molar-refractivity contribution in [3.8, 4) is 10.7 Å². The number of hydrogen-bond acceptors (Lipinski definition) is 7. The Bertz CT molecular complexity index is 628. The van der Waals surface area contributed by atoms with Crippen molar-refractivity contribution in [1.82, 2.24) is 24.5 Å². The third-order valence-electron chi connectivity index (χ3n) is 2.16. The monoisotopic (exact) mass is 295 g/mol. The molecule has 92 valence electrons. The fourth-order valence-electron chi connectivity index (χ4n) is 1.32. The van der Waals surface area contributed by atoms with Gasteiger partial charge in [-0.15, -0.1) is 16.4 Å². The molecule has 18 heavy (non-hydrogen) atoms. The van der Waals surface area contributed by atoms with Crippen LogP contribution in [0.15, 0.2) is 27.0 Å². The summed E-state index contributed by atoms with van der Waals surface area (Å²) in [5.41, 5.74) is 0. The van der Waals surface area contributed by atoms with Gasteiger partial charge < -0.3 is 0 Å². The zero-order valence-corrected chi connectivity index (χ0v) is 11.9. The van der Waals surface area contributed by atoms with E-state index in [4.69, 9.17) is 0 Å². The second-order valence-electron chi connectivity index (χ2n) is 3.38. The molecule has 0 aliphatic rings. The molecule has 0 saturated carbocycles. The van der Waals surface area contributed by atoms with Crippen molar-refractivity contribution >= 4 is 34.6 Å². The Hall–Kier alpha value is -1.25. The van der Waals surface area contributed by atoms with Gasteiger partial charge >= 0.3 is 0 Å². The van der Waals surface area contributed by atoms with Crippen LogP contribution in [0, 0.1) is 0 Å². The standard InChI is InChI=1S/C10H9N5S3/c1-2-7-11-10(18-15-7)17-9-12-8(13-14-9)6-4-3-5-16-6/h3-5H,2H2,1H3,(H,12,13,14). The first-order chi connectivity index (χ1) is 8.85. The molecule has 0 atom stereocenters. The average Bonchev–Trinajstić information content (AvgIpc) is 3.10. The highest BCUT2D eigenvalue weighted by Crippen LogP contribution is 2.28. The highest BCUT2D eigenvalue weighted by molar-refractivity contribution is 8.00. The van der Waals surface area contributed by atoms with Crippen molar-refractivity contribution in [2.45, 2.75) is 22.8 Å². The van der Waals surface area contributed by atoms with E-state index in [2.05, 4.69) is 24.5 Å². The summed E-state index contributed by atoms with van der Waals surface area (Å²) in [4.78, 5) is 9.89. The van der Waals surface area contributed by atoms with Crippen LogP contribution in [-0.4, -0.2) is 24.5 Å². The SMILES string of the molecule is CCc1nsc(Sc2n[nH]c(-c3cccs3)n2)n1. The Morgan fingerprint density at radius 1 is 1.39 bits per heavy atom. The zero-order chi connectivity index (χ0) is 12.4. The van der Waals surface area contributed by atoms with Gasteiger partial charge in [0.15, 0.2) is 10.2 Å². The van der Waals surface area contributed by atoms with E-state index in [1.807, 2.05) is 24.4 Å². The van der Waals surface area contributed by atoms with Gasteiger partial charge in [-0.25, -0.2) is 9.97 Å². The molecule has 0 fully saturated rings. The summed E-state index contributed by atoms with van der Waals surface area (Å²) in [6.07, 6.45) is 0.853. The van der Waals surface area contributed by atoms with E-state index in [0.29, 0.717) is 5.16 Å². The molecular formula is C10H9N5S3. The van der Waals surface area contributed by atoms with Crippen LogP contribution in [0.2, 0.25) is 0 Å². The van der Waals surface area contributed by atoms with Gasteiger partial charge in [-0.1, -0.05) is 13.0 Å². The van der Waals surface area contributed by atoms with Crippen molar-refractivity contribution in [3.63, 3.8) is 0 Å². The minimum Gasteiger partial charge on any atom is -0.257 e. The fraction of sp³-hybridized carbons (Fsp3) is 0.200. The van der Waals surface area contributed by atoms with Crippen LogP contribution in [0.5, 0.6) is 0 Å². The van der Waals surface area contributed by atoms with E-state index in [0.717, 1.165) is 27.3 Å². The number of thiophene rings is 1. The lowest BCUT2D eigenvalue weighted by Crippen LogP contribution is -1.81. The summed E-state index contributed by atoms with van der Waals surface area (Å²) in [7, 11) is 0. The lowest BCUT2D eigenvalue weighted by Gasteiger charge is -1.87. The molecule has 3 heterocycles. The first-order valence-electron chi connectivity index (χ1n) is 5.32. The first-order valence-corrected chi connectivity index (χ1v) is 7.79. The van der Waals surface area contributed by atoms with Crippen LogP contribution in [0.3, 0.4) is 0 Å². The molecule has 0 aliphatic heterocycles. The third-order valence-corrected chi connectivity index (χ3v) is 4.69. The molecule has 0 radical (unpaired) electrons. The van der Waals surface area contributed by atoms with E-state index in [-0.39, 0.29) is 0 Å². The molecule has 0 unspecified atom stereocenters. The van der Waals surface area contributed by atoms with Crippen molar-refractivity contribution in [2.24, 2.45) is 0 Å². The number of aromatic nitrogens is 5. The van der Waals surface area contributed by atoms with Gasteiger partial charge in [0.2, 0.25) is 5.16 Å². The van der Waals surface area contributed by atoms with E-state index in [1.165, 1.54) is 23.3 Å². The smallest absolute Gasteiger partial charge is 0.215 e. The maximum absolute atomic E-state index is 4.43. The summed E-state index contributed by atoms with van der Waals surface area (Å²) in [5, 5.41) is 9.80. The molecule has 3 aromatic rings. The van der Waals surface area contributed by atoms with Crippen molar-refractivity contribution < 1.29 is 0 Å². The Kier molecular flexibility index (Phi) is 3.39. The minimum absolute atomic E-state index is 0.678. The van der Waals surface area contributed by atoms with Crippen LogP contribution >= 0.6 is 34.6 Å². The Balaban J connectivity index is 1.77. The first kappa shape index (κ1) is 11.8. The molecule has 3 aromatic heterocycles. The largest absolute Gasteiger partial charge is 0.257 e. The van der Waals surface area contributed by atoms with E-state index < -0.39 is 0 Å². The number of aryl methyl sites for hydroxylation is 1. The summed E-state index contributed by atoms with van der Waals surface area (Å²) < 4.78 is 5.11. The molecule has 0 bridgehead atoms. The number of hydrogen-bond donors (Lipinski definition) is 1. The zero-order valence-electron chi connectivity index (χ0n) is 9.45. The molecular weight excluding hydrogens is 286 g/mol. The number of H-pyrrole nitrogens is 1. The molecule has 0 aromatic carbocycles. The summed E-state index contributed by atoms with van der Waals surface area (Å²) in [5.74, 6) is 1.67. The summed E-state index contributed by atoms with van der Waals surface area (Å²) in [6, 6.07) is 4.01.